The Morgan fingerprint density at radius 1 is 1.38 bits per heavy atom. The lowest BCUT2D eigenvalue weighted by atomic mass is 10.3. The molecule has 2 N–H and O–H groups in total. The number of aryl methyl sites for hydroxylation is 1. The maximum absolute atomic E-state index is 12.2. The minimum absolute atomic E-state index is 0.0110. The van der Waals surface area contributed by atoms with Crippen molar-refractivity contribution in [2.45, 2.75) is 11.9 Å². The van der Waals surface area contributed by atoms with Crippen LogP contribution in [0.4, 0.5) is 5.13 Å². The Morgan fingerprint density at radius 2 is 2.19 bits per heavy atom. The van der Waals surface area contributed by atoms with E-state index in [0.717, 1.165) is 4.70 Å². The van der Waals surface area contributed by atoms with Gasteiger partial charge in [0.15, 0.2) is 10.2 Å². The zero-order valence-electron chi connectivity index (χ0n) is 11.2. The second-order valence-electron chi connectivity index (χ2n) is 4.29. The zero-order valence-corrected chi connectivity index (χ0v) is 12.9. The SMILES string of the molecule is COc1ccc2nc(NS(=O)(=O)c3cnc(C)[nH]3)sc2c1. The van der Waals surface area contributed by atoms with Gasteiger partial charge in [-0.1, -0.05) is 11.3 Å². The highest BCUT2D eigenvalue weighted by molar-refractivity contribution is 7.92. The summed E-state index contributed by atoms with van der Waals surface area (Å²) >= 11 is 1.24. The first-order chi connectivity index (χ1) is 9.98. The van der Waals surface area contributed by atoms with Gasteiger partial charge in [-0.15, -0.1) is 0 Å². The first-order valence-corrected chi connectivity index (χ1v) is 8.27. The summed E-state index contributed by atoms with van der Waals surface area (Å²) in [5, 5.41) is 0.308. The predicted molar refractivity (Wildman–Crippen MR) is 80.3 cm³/mol. The predicted octanol–water partition coefficient (Wildman–Crippen LogP) is 2.14. The molecule has 21 heavy (non-hydrogen) atoms. The van der Waals surface area contributed by atoms with Gasteiger partial charge in [0.25, 0.3) is 10.0 Å². The normalized spacial score (nSPS) is 11.7. The fraction of sp³-hybridized carbons (Fsp3) is 0.167. The van der Waals surface area contributed by atoms with Gasteiger partial charge in [0, 0.05) is 0 Å². The third kappa shape index (κ3) is 2.69. The fourth-order valence-electron chi connectivity index (χ4n) is 1.78. The van der Waals surface area contributed by atoms with Crippen molar-refractivity contribution >= 4 is 36.7 Å². The van der Waals surface area contributed by atoms with Crippen LogP contribution in [0.5, 0.6) is 5.75 Å². The van der Waals surface area contributed by atoms with Gasteiger partial charge in [-0.2, -0.15) is 8.42 Å². The summed E-state index contributed by atoms with van der Waals surface area (Å²) in [4.78, 5) is 10.8. The van der Waals surface area contributed by atoms with E-state index >= 15 is 0 Å². The van der Waals surface area contributed by atoms with Crippen LogP contribution in [-0.2, 0) is 10.0 Å². The highest BCUT2D eigenvalue weighted by Crippen LogP contribution is 2.30. The van der Waals surface area contributed by atoms with Gasteiger partial charge in [0.2, 0.25) is 0 Å². The molecule has 0 unspecified atom stereocenters. The topological polar surface area (TPSA) is 97.0 Å². The summed E-state index contributed by atoms with van der Waals surface area (Å²) in [7, 11) is -2.13. The fourth-order valence-corrected chi connectivity index (χ4v) is 3.88. The van der Waals surface area contributed by atoms with Crippen LogP contribution in [0.1, 0.15) is 5.82 Å². The number of sulfonamides is 1. The number of hydrogen-bond acceptors (Lipinski definition) is 6. The molecule has 3 aromatic rings. The number of ether oxygens (including phenoxy) is 1. The molecule has 0 radical (unpaired) electrons. The number of nitrogens with zero attached hydrogens (tertiary/aromatic N) is 2. The van der Waals surface area contributed by atoms with Gasteiger partial charge in [0.1, 0.15) is 11.6 Å². The number of anilines is 1. The van der Waals surface area contributed by atoms with Crippen LogP contribution >= 0.6 is 11.3 Å². The number of methoxy groups -OCH3 is 1. The van der Waals surface area contributed by atoms with Gasteiger partial charge in [-0.3, -0.25) is 4.72 Å². The number of hydrogen-bond donors (Lipinski definition) is 2. The second kappa shape index (κ2) is 5.01. The molecule has 0 saturated carbocycles. The number of aromatic nitrogens is 3. The van der Waals surface area contributed by atoms with Gasteiger partial charge in [0.05, 0.1) is 23.5 Å². The largest absolute Gasteiger partial charge is 0.497 e. The lowest BCUT2D eigenvalue weighted by Crippen LogP contribution is -2.13. The number of nitrogens with one attached hydrogen (secondary N) is 2. The molecular weight excluding hydrogens is 312 g/mol. The number of aromatic amines is 1. The summed E-state index contributed by atoms with van der Waals surface area (Å²) in [5.41, 5.74) is 0.708. The van der Waals surface area contributed by atoms with E-state index in [1.54, 1.807) is 26.2 Å². The van der Waals surface area contributed by atoms with Crippen molar-refractivity contribution in [3.8, 4) is 5.75 Å². The number of benzene rings is 1. The average molecular weight is 324 g/mol. The van der Waals surface area contributed by atoms with Crippen LogP contribution in [0, 0.1) is 6.92 Å². The van der Waals surface area contributed by atoms with E-state index in [0.29, 0.717) is 22.2 Å². The maximum atomic E-state index is 12.2. The van der Waals surface area contributed by atoms with Gasteiger partial charge in [-0.05, 0) is 25.1 Å². The minimum Gasteiger partial charge on any atom is -0.497 e. The van der Waals surface area contributed by atoms with Crippen LogP contribution < -0.4 is 9.46 Å². The number of rotatable bonds is 4. The Morgan fingerprint density at radius 3 is 2.86 bits per heavy atom. The molecule has 0 amide bonds. The number of H-pyrrole nitrogens is 1. The minimum atomic E-state index is -3.71. The van der Waals surface area contributed by atoms with Gasteiger partial charge in [-0.25, -0.2) is 9.97 Å². The van der Waals surface area contributed by atoms with Crippen LogP contribution in [0.25, 0.3) is 10.2 Å². The van der Waals surface area contributed by atoms with Crippen molar-refractivity contribution < 1.29 is 13.2 Å². The summed E-state index contributed by atoms with van der Waals surface area (Å²) in [6, 6.07) is 5.37. The lowest BCUT2D eigenvalue weighted by molar-refractivity contribution is 0.415. The summed E-state index contributed by atoms with van der Waals surface area (Å²) < 4.78 is 32.8. The van der Waals surface area contributed by atoms with Gasteiger partial charge >= 0.3 is 0 Å². The summed E-state index contributed by atoms with van der Waals surface area (Å²) in [6.45, 7) is 1.68. The van der Waals surface area contributed by atoms with Crippen LogP contribution in [0.15, 0.2) is 29.4 Å². The first kappa shape index (κ1) is 13.8. The molecule has 0 spiro atoms. The van der Waals surface area contributed by atoms with Crippen LogP contribution in [-0.4, -0.2) is 30.5 Å². The molecule has 2 heterocycles. The monoisotopic (exact) mass is 324 g/mol. The van der Waals surface area contributed by atoms with Crippen molar-refractivity contribution in [2.75, 3.05) is 11.8 Å². The Balaban J connectivity index is 1.94. The smallest absolute Gasteiger partial charge is 0.280 e. The van der Waals surface area contributed by atoms with Crippen molar-refractivity contribution in [3.05, 3.63) is 30.2 Å². The Bertz CT molecular complexity index is 898. The van der Waals surface area contributed by atoms with E-state index in [-0.39, 0.29) is 5.03 Å². The highest BCUT2D eigenvalue weighted by Gasteiger charge is 2.18. The molecule has 110 valence electrons. The van der Waals surface area contributed by atoms with Crippen LogP contribution in [0.3, 0.4) is 0 Å². The molecule has 0 saturated heterocycles. The molecule has 0 aliphatic heterocycles. The quantitative estimate of drug-likeness (QED) is 0.766. The number of imidazole rings is 1. The van der Waals surface area contributed by atoms with Gasteiger partial charge < -0.3 is 9.72 Å². The molecule has 9 heteroatoms. The molecular formula is C12H12N4O3S2. The zero-order chi connectivity index (χ0) is 15.0. The van der Waals surface area contributed by atoms with Crippen molar-refractivity contribution in [3.63, 3.8) is 0 Å². The average Bonchev–Trinajstić information content (AvgIpc) is 3.03. The van der Waals surface area contributed by atoms with Crippen molar-refractivity contribution in [1.29, 1.82) is 0 Å². The van der Waals surface area contributed by atoms with Crippen molar-refractivity contribution in [2.24, 2.45) is 0 Å². The number of fused-ring (bicyclic) bond motifs is 1. The molecule has 7 nitrogen and oxygen atoms in total. The Hall–Kier alpha value is -2.13. The Labute approximate surface area is 125 Å². The standard InChI is InChI=1S/C12H12N4O3S2/c1-7-13-6-11(14-7)21(17,18)16-12-15-9-4-3-8(19-2)5-10(9)20-12/h3-6H,1-2H3,(H,13,14)(H,15,16). The molecule has 3 rings (SSSR count). The molecule has 1 aromatic carbocycles. The molecule has 2 aromatic heterocycles. The molecule has 0 bridgehead atoms. The van der Waals surface area contributed by atoms with E-state index in [2.05, 4.69) is 19.7 Å². The number of thiazole rings is 1. The highest BCUT2D eigenvalue weighted by atomic mass is 32.2. The van der Waals surface area contributed by atoms with E-state index in [1.807, 2.05) is 6.07 Å². The van der Waals surface area contributed by atoms with E-state index < -0.39 is 10.0 Å². The summed E-state index contributed by atoms with van der Waals surface area (Å²) in [5.74, 6) is 1.23. The second-order valence-corrected chi connectivity index (χ2v) is 6.97. The molecule has 0 atom stereocenters. The summed E-state index contributed by atoms with van der Waals surface area (Å²) in [6.07, 6.45) is 1.27. The molecule has 0 aliphatic carbocycles. The van der Waals surface area contributed by atoms with Crippen molar-refractivity contribution in [1.82, 2.24) is 15.0 Å². The third-order valence-corrected chi connectivity index (χ3v) is 5.10. The van der Waals surface area contributed by atoms with Crippen LogP contribution in [0.2, 0.25) is 0 Å². The first-order valence-electron chi connectivity index (χ1n) is 5.97. The molecule has 0 fully saturated rings. The Kier molecular flexibility index (Phi) is 3.30. The maximum Gasteiger partial charge on any atom is 0.280 e. The van der Waals surface area contributed by atoms with E-state index in [4.69, 9.17) is 4.74 Å². The molecule has 0 aliphatic rings. The van der Waals surface area contributed by atoms with E-state index in [9.17, 15) is 8.42 Å². The lowest BCUT2D eigenvalue weighted by Gasteiger charge is -2.01. The van der Waals surface area contributed by atoms with E-state index in [1.165, 1.54) is 17.5 Å². The third-order valence-electron chi connectivity index (χ3n) is 2.79.